The molecule has 0 aliphatic rings. The van der Waals surface area contributed by atoms with Crippen LogP contribution in [-0.4, -0.2) is 22.5 Å². The van der Waals surface area contributed by atoms with Gasteiger partial charge in [0.2, 0.25) is 0 Å². The second-order valence-electron chi connectivity index (χ2n) is 4.56. The van der Waals surface area contributed by atoms with Crippen LogP contribution in [0.4, 0.5) is 0 Å². The molecule has 0 saturated heterocycles. The van der Waals surface area contributed by atoms with Crippen molar-refractivity contribution < 1.29 is 13.9 Å². The van der Waals surface area contributed by atoms with Crippen LogP contribution in [-0.2, 0) is 4.74 Å². The van der Waals surface area contributed by atoms with Gasteiger partial charge < -0.3 is 9.15 Å². The summed E-state index contributed by atoms with van der Waals surface area (Å²) < 4.78 is 10.5. The van der Waals surface area contributed by atoms with Crippen LogP contribution in [0, 0.1) is 6.92 Å². The minimum Gasteiger partial charge on any atom is -0.464 e. The second-order valence-corrected chi connectivity index (χ2v) is 4.56. The highest BCUT2D eigenvalue weighted by Crippen LogP contribution is 2.28. The van der Waals surface area contributed by atoms with Gasteiger partial charge in [0, 0.05) is 11.6 Å². The number of hydrogen-bond donors (Lipinski definition) is 0. The lowest BCUT2D eigenvalue weighted by Gasteiger charge is -2.05. The molecule has 3 rings (SSSR count). The second kappa shape index (κ2) is 5.36. The van der Waals surface area contributed by atoms with Gasteiger partial charge in [-0.15, -0.1) is 0 Å². The van der Waals surface area contributed by atoms with E-state index in [2.05, 4.69) is 9.97 Å². The molecule has 0 amide bonds. The number of carbonyl (C=O) groups excluding carboxylic acids is 1. The SMILES string of the molecule is CCOC(=O)c1cnc(-c2coc3ccccc23)nc1C. The van der Waals surface area contributed by atoms with E-state index in [4.69, 9.17) is 9.15 Å². The molecule has 0 aliphatic carbocycles. The van der Waals surface area contributed by atoms with Crippen molar-refractivity contribution in [1.29, 1.82) is 0 Å². The molecule has 106 valence electrons. The summed E-state index contributed by atoms with van der Waals surface area (Å²) in [4.78, 5) is 20.4. The zero-order valence-corrected chi connectivity index (χ0v) is 11.8. The fraction of sp³-hybridized carbons (Fsp3) is 0.188. The Labute approximate surface area is 121 Å². The monoisotopic (exact) mass is 282 g/mol. The predicted octanol–water partition coefficient (Wildman–Crippen LogP) is 3.37. The molecule has 0 radical (unpaired) electrons. The van der Waals surface area contributed by atoms with E-state index in [9.17, 15) is 4.79 Å². The third-order valence-electron chi connectivity index (χ3n) is 3.20. The Kier molecular flexibility index (Phi) is 3.39. The van der Waals surface area contributed by atoms with Gasteiger partial charge in [0.05, 0.1) is 23.4 Å². The maximum absolute atomic E-state index is 11.8. The van der Waals surface area contributed by atoms with E-state index in [1.807, 2.05) is 24.3 Å². The van der Waals surface area contributed by atoms with E-state index in [0.717, 1.165) is 16.5 Å². The average Bonchev–Trinajstić information content (AvgIpc) is 2.91. The van der Waals surface area contributed by atoms with Gasteiger partial charge in [0.15, 0.2) is 5.82 Å². The molecular weight excluding hydrogens is 268 g/mol. The summed E-state index contributed by atoms with van der Waals surface area (Å²) >= 11 is 0. The first kappa shape index (κ1) is 13.3. The highest BCUT2D eigenvalue weighted by Gasteiger charge is 2.15. The van der Waals surface area contributed by atoms with Crippen molar-refractivity contribution in [2.24, 2.45) is 0 Å². The van der Waals surface area contributed by atoms with Crippen LogP contribution < -0.4 is 0 Å². The van der Waals surface area contributed by atoms with Gasteiger partial charge in [-0.25, -0.2) is 14.8 Å². The zero-order valence-electron chi connectivity index (χ0n) is 11.8. The standard InChI is InChI=1S/C16H14N2O3/c1-3-20-16(19)12-8-17-15(18-10(12)2)13-9-21-14-7-5-4-6-11(13)14/h4-9H,3H2,1-2H3. The molecule has 0 saturated carbocycles. The van der Waals surface area contributed by atoms with Crippen molar-refractivity contribution in [2.75, 3.05) is 6.61 Å². The number of aromatic nitrogens is 2. The van der Waals surface area contributed by atoms with E-state index in [1.165, 1.54) is 6.20 Å². The lowest BCUT2D eigenvalue weighted by atomic mass is 10.1. The van der Waals surface area contributed by atoms with Crippen molar-refractivity contribution in [3.63, 3.8) is 0 Å². The molecule has 21 heavy (non-hydrogen) atoms. The number of hydrogen-bond acceptors (Lipinski definition) is 5. The summed E-state index contributed by atoms with van der Waals surface area (Å²) in [6, 6.07) is 7.68. The van der Waals surface area contributed by atoms with Gasteiger partial charge >= 0.3 is 5.97 Å². The van der Waals surface area contributed by atoms with Crippen LogP contribution in [0.25, 0.3) is 22.4 Å². The van der Waals surface area contributed by atoms with E-state index in [0.29, 0.717) is 23.7 Å². The number of furan rings is 1. The summed E-state index contributed by atoms with van der Waals surface area (Å²) in [6.07, 6.45) is 3.13. The number of aryl methyl sites for hydroxylation is 1. The maximum Gasteiger partial charge on any atom is 0.341 e. The Morgan fingerprint density at radius 1 is 1.33 bits per heavy atom. The number of para-hydroxylation sites is 1. The van der Waals surface area contributed by atoms with Gasteiger partial charge in [-0.3, -0.25) is 0 Å². The predicted molar refractivity (Wildman–Crippen MR) is 77.9 cm³/mol. The summed E-state index contributed by atoms with van der Waals surface area (Å²) in [5.74, 6) is 0.129. The fourth-order valence-electron chi connectivity index (χ4n) is 2.16. The minimum atomic E-state index is -0.404. The number of ether oxygens (including phenoxy) is 1. The van der Waals surface area contributed by atoms with E-state index < -0.39 is 5.97 Å². The Hall–Kier alpha value is -2.69. The number of rotatable bonds is 3. The van der Waals surface area contributed by atoms with Crippen LogP contribution in [0.15, 0.2) is 41.1 Å². The highest BCUT2D eigenvalue weighted by molar-refractivity contribution is 5.93. The van der Waals surface area contributed by atoms with E-state index in [1.54, 1.807) is 20.1 Å². The molecule has 2 heterocycles. The molecule has 5 heteroatoms. The van der Waals surface area contributed by atoms with Crippen molar-refractivity contribution in [2.45, 2.75) is 13.8 Å². The van der Waals surface area contributed by atoms with Gasteiger partial charge in [0.25, 0.3) is 0 Å². The summed E-state index contributed by atoms with van der Waals surface area (Å²) in [5.41, 5.74) is 2.56. The molecule has 2 aromatic heterocycles. The lowest BCUT2D eigenvalue weighted by molar-refractivity contribution is 0.0524. The first-order chi connectivity index (χ1) is 10.2. The summed E-state index contributed by atoms with van der Waals surface area (Å²) in [5, 5.41) is 0.945. The number of esters is 1. The molecule has 0 atom stereocenters. The lowest BCUT2D eigenvalue weighted by Crippen LogP contribution is -2.09. The largest absolute Gasteiger partial charge is 0.464 e. The molecule has 0 N–H and O–H groups in total. The van der Waals surface area contributed by atoms with E-state index >= 15 is 0 Å². The third kappa shape index (κ3) is 2.38. The molecule has 0 aliphatic heterocycles. The van der Waals surface area contributed by atoms with Gasteiger partial charge in [-0.2, -0.15) is 0 Å². The molecular formula is C16H14N2O3. The summed E-state index contributed by atoms with van der Waals surface area (Å²) in [7, 11) is 0. The fourth-order valence-corrected chi connectivity index (χ4v) is 2.16. The van der Waals surface area contributed by atoms with Gasteiger partial charge in [-0.05, 0) is 19.9 Å². The average molecular weight is 282 g/mol. The topological polar surface area (TPSA) is 65.2 Å². The minimum absolute atomic E-state index is 0.326. The molecule has 0 fully saturated rings. The number of fused-ring (bicyclic) bond motifs is 1. The van der Waals surface area contributed by atoms with Crippen LogP contribution in [0.1, 0.15) is 23.0 Å². The smallest absolute Gasteiger partial charge is 0.341 e. The Morgan fingerprint density at radius 2 is 2.14 bits per heavy atom. The normalized spacial score (nSPS) is 10.8. The zero-order chi connectivity index (χ0) is 14.8. The van der Waals surface area contributed by atoms with Crippen LogP contribution in [0.2, 0.25) is 0 Å². The third-order valence-corrected chi connectivity index (χ3v) is 3.20. The van der Waals surface area contributed by atoms with Crippen LogP contribution >= 0.6 is 0 Å². The van der Waals surface area contributed by atoms with Crippen LogP contribution in [0.5, 0.6) is 0 Å². The molecule has 1 aromatic carbocycles. The van der Waals surface area contributed by atoms with Crippen molar-refractivity contribution >= 4 is 16.9 Å². The molecule has 0 bridgehead atoms. The van der Waals surface area contributed by atoms with Crippen molar-refractivity contribution in [1.82, 2.24) is 9.97 Å². The number of carbonyl (C=O) groups is 1. The van der Waals surface area contributed by atoms with Crippen molar-refractivity contribution in [3.05, 3.63) is 48.0 Å². The van der Waals surface area contributed by atoms with Gasteiger partial charge in [0.1, 0.15) is 11.8 Å². The first-order valence-electron chi connectivity index (χ1n) is 6.68. The molecule has 0 spiro atoms. The van der Waals surface area contributed by atoms with Gasteiger partial charge in [-0.1, -0.05) is 18.2 Å². The first-order valence-corrected chi connectivity index (χ1v) is 6.68. The quantitative estimate of drug-likeness (QED) is 0.689. The summed E-state index contributed by atoms with van der Waals surface area (Å²) in [6.45, 7) is 3.85. The number of nitrogens with zero attached hydrogens (tertiary/aromatic N) is 2. The Morgan fingerprint density at radius 3 is 2.90 bits per heavy atom. The van der Waals surface area contributed by atoms with E-state index in [-0.39, 0.29) is 0 Å². The Balaban J connectivity index is 2.04. The van der Waals surface area contributed by atoms with Crippen molar-refractivity contribution in [3.8, 4) is 11.4 Å². The Bertz CT molecular complexity index is 808. The maximum atomic E-state index is 11.8. The molecule has 5 nitrogen and oxygen atoms in total. The molecule has 0 unspecified atom stereocenters. The number of benzene rings is 1. The molecule has 3 aromatic rings. The highest BCUT2D eigenvalue weighted by atomic mass is 16.5. The van der Waals surface area contributed by atoms with Crippen LogP contribution in [0.3, 0.4) is 0 Å².